The van der Waals surface area contributed by atoms with E-state index in [4.69, 9.17) is 10.5 Å². The van der Waals surface area contributed by atoms with Gasteiger partial charge in [-0.1, -0.05) is 6.92 Å². The van der Waals surface area contributed by atoms with Crippen LogP contribution in [0.2, 0.25) is 0 Å². The molecule has 0 radical (unpaired) electrons. The highest BCUT2D eigenvalue weighted by atomic mass is 32.1. The zero-order valence-electron chi connectivity index (χ0n) is 12.7. The number of hydrogen-bond acceptors (Lipinski definition) is 4. The number of ether oxygens (including phenoxy) is 1. The van der Waals surface area contributed by atoms with Crippen LogP contribution in [0.3, 0.4) is 0 Å². The molecule has 1 aliphatic carbocycles. The van der Waals surface area contributed by atoms with Crippen LogP contribution in [-0.4, -0.2) is 16.9 Å². The van der Waals surface area contributed by atoms with Gasteiger partial charge in [0.25, 0.3) is 0 Å². The number of thiophene rings is 1. The lowest BCUT2D eigenvalue weighted by Crippen LogP contribution is -2.26. The molecule has 0 amide bonds. The lowest BCUT2D eigenvalue weighted by atomic mass is 9.81. The van der Waals surface area contributed by atoms with Crippen molar-refractivity contribution in [3.8, 4) is 5.75 Å². The lowest BCUT2D eigenvalue weighted by molar-refractivity contribution is 0.384. The van der Waals surface area contributed by atoms with Crippen molar-refractivity contribution in [3.63, 3.8) is 0 Å². The highest BCUT2D eigenvalue weighted by Crippen LogP contribution is 2.43. The fraction of sp³-hybridized carbons (Fsp3) is 0.562. The van der Waals surface area contributed by atoms with Gasteiger partial charge in [0.2, 0.25) is 0 Å². The van der Waals surface area contributed by atoms with Gasteiger partial charge in [-0.25, -0.2) is 0 Å². The predicted molar refractivity (Wildman–Crippen MR) is 86.0 cm³/mol. The molecule has 0 bridgehead atoms. The molecule has 0 saturated heterocycles. The molecule has 0 aliphatic heterocycles. The van der Waals surface area contributed by atoms with E-state index in [1.54, 1.807) is 13.3 Å². The highest BCUT2D eigenvalue weighted by molar-refractivity contribution is 7.10. The standard InChI is InChI=1S/C16H23N3OS/c1-3-8-19-16(13(20-2)10-18-19)15(17)12-5-4-6-14-11(12)7-9-21-14/h7,9-10,12,15H,3-6,8,17H2,1-2H3. The molecule has 2 aromatic heterocycles. The third-order valence-electron chi connectivity index (χ3n) is 4.35. The number of methoxy groups -OCH3 is 1. The number of hydrogen-bond donors (Lipinski definition) is 1. The maximum absolute atomic E-state index is 6.66. The number of aromatic nitrogens is 2. The first-order valence-corrected chi connectivity index (χ1v) is 8.55. The van der Waals surface area contributed by atoms with E-state index in [0.29, 0.717) is 5.92 Å². The van der Waals surface area contributed by atoms with Gasteiger partial charge in [0.05, 0.1) is 25.0 Å². The maximum atomic E-state index is 6.66. The van der Waals surface area contributed by atoms with Gasteiger partial charge in [-0.3, -0.25) is 4.68 Å². The van der Waals surface area contributed by atoms with E-state index < -0.39 is 0 Å². The number of nitrogens with zero attached hydrogens (tertiary/aromatic N) is 2. The van der Waals surface area contributed by atoms with E-state index in [2.05, 4.69) is 23.5 Å². The molecule has 0 aromatic carbocycles. The van der Waals surface area contributed by atoms with Crippen LogP contribution in [0.5, 0.6) is 5.75 Å². The Labute approximate surface area is 129 Å². The second kappa shape index (κ2) is 6.20. The van der Waals surface area contributed by atoms with Gasteiger partial charge in [-0.15, -0.1) is 11.3 Å². The van der Waals surface area contributed by atoms with Crippen LogP contribution in [0.4, 0.5) is 0 Å². The first-order chi connectivity index (χ1) is 10.3. The summed E-state index contributed by atoms with van der Waals surface area (Å²) in [5, 5.41) is 6.64. The largest absolute Gasteiger partial charge is 0.493 e. The highest BCUT2D eigenvalue weighted by Gasteiger charge is 2.31. The lowest BCUT2D eigenvalue weighted by Gasteiger charge is -2.29. The third-order valence-corrected chi connectivity index (χ3v) is 5.34. The summed E-state index contributed by atoms with van der Waals surface area (Å²) in [5.41, 5.74) is 9.14. The first kappa shape index (κ1) is 14.6. The summed E-state index contributed by atoms with van der Waals surface area (Å²) in [7, 11) is 1.69. The molecule has 5 heteroatoms. The van der Waals surface area contributed by atoms with Crippen molar-refractivity contribution < 1.29 is 4.74 Å². The Hall–Kier alpha value is -1.33. The van der Waals surface area contributed by atoms with Crippen molar-refractivity contribution >= 4 is 11.3 Å². The van der Waals surface area contributed by atoms with Crippen molar-refractivity contribution in [1.29, 1.82) is 0 Å². The summed E-state index contributed by atoms with van der Waals surface area (Å²) in [6, 6.07) is 2.19. The van der Waals surface area contributed by atoms with Crippen molar-refractivity contribution in [3.05, 3.63) is 33.8 Å². The van der Waals surface area contributed by atoms with Gasteiger partial charge in [0.15, 0.2) is 5.75 Å². The second-order valence-corrected chi connectivity index (χ2v) is 6.65. The fourth-order valence-electron chi connectivity index (χ4n) is 3.35. The monoisotopic (exact) mass is 305 g/mol. The molecule has 114 valence electrons. The number of fused-ring (bicyclic) bond motifs is 1. The van der Waals surface area contributed by atoms with Crippen LogP contribution in [-0.2, 0) is 13.0 Å². The molecule has 4 nitrogen and oxygen atoms in total. The van der Waals surface area contributed by atoms with E-state index in [9.17, 15) is 0 Å². The Bertz CT molecular complexity index is 604. The van der Waals surface area contributed by atoms with E-state index in [0.717, 1.165) is 30.8 Å². The summed E-state index contributed by atoms with van der Waals surface area (Å²) in [4.78, 5) is 1.50. The second-order valence-electron chi connectivity index (χ2n) is 5.64. The molecule has 2 N–H and O–H groups in total. The Kier molecular flexibility index (Phi) is 4.31. The van der Waals surface area contributed by atoms with Gasteiger partial charge in [-0.05, 0) is 42.7 Å². The normalized spacial score (nSPS) is 19.3. The minimum Gasteiger partial charge on any atom is -0.493 e. The molecule has 2 aromatic rings. The molecule has 1 aliphatic rings. The van der Waals surface area contributed by atoms with Crippen LogP contribution in [0.15, 0.2) is 17.6 Å². The van der Waals surface area contributed by atoms with E-state index >= 15 is 0 Å². The van der Waals surface area contributed by atoms with E-state index in [-0.39, 0.29) is 6.04 Å². The molecule has 21 heavy (non-hydrogen) atoms. The van der Waals surface area contributed by atoms with Crippen LogP contribution < -0.4 is 10.5 Å². The molecule has 0 fully saturated rings. The molecule has 3 rings (SSSR count). The van der Waals surface area contributed by atoms with Crippen molar-refractivity contribution in [2.45, 2.75) is 51.1 Å². The quantitative estimate of drug-likeness (QED) is 0.920. The first-order valence-electron chi connectivity index (χ1n) is 7.67. The van der Waals surface area contributed by atoms with Crippen molar-refractivity contribution in [2.75, 3.05) is 7.11 Å². The molecular weight excluding hydrogens is 282 g/mol. The van der Waals surface area contributed by atoms with E-state index in [1.807, 2.05) is 16.0 Å². The molecule has 2 atom stereocenters. The summed E-state index contributed by atoms with van der Waals surface area (Å²) in [6.45, 7) is 3.04. The van der Waals surface area contributed by atoms with Crippen LogP contribution >= 0.6 is 11.3 Å². The zero-order valence-corrected chi connectivity index (χ0v) is 13.5. The molecule has 0 saturated carbocycles. The SMILES string of the molecule is CCCn1ncc(OC)c1C(N)C1CCCc2sccc21. The topological polar surface area (TPSA) is 53.1 Å². The van der Waals surface area contributed by atoms with Gasteiger partial charge in [0, 0.05) is 17.3 Å². The molecule has 0 spiro atoms. The average Bonchev–Trinajstić information content (AvgIpc) is 3.12. The third kappa shape index (κ3) is 2.60. The fourth-order valence-corrected chi connectivity index (χ4v) is 4.34. The minimum atomic E-state index is -0.0531. The minimum absolute atomic E-state index is 0.0531. The summed E-state index contributed by atoms with van der Waals surface area (Å²) < 4.78 is 7.51. The average molecular weight is 305 g/mol. The zero-order chi connectivity index (χ0) is 14.8. The number of nitrogens with two attached hydrogens (primary N) is 1. The maximum Gasteiger partial charge on any atom is 0.161 e. The van der Waals surface area contributed by atoms with E-state index in [1.165, 1.54) is 23.3 Å². The van der Waals surface area contributed by atoms with Gasteiger partial charge in [0.1, 0.15) is 0 Å². The Morgan fingerprint density at radius 2 is 2.43 bits per heavy atom. The van der Waals surface area contributed by atoms with Crippen LogP contribution in [0.1, 0.15) is 54.3 Å². The van der Waals surface area contributed by atoms with Gasteiger partial charge in [-0.2, -0.15) is 5.10 Å². The van der Waals surface area contributed by atoms with Crippen molar-refractivity contribution in [2.24, 2.45) is 5.73 Å². The predicted octanol–water partition coefficient (Wildman–Crippen LogP) is 3.48. The number of aryl methyl sites for hydroxylation is 2. The summed E-state index contributed by atoms with van der Waals surface area (Å²) in [6.07, 6.45) is 6.39. The van der Waals surface area contributed by atoms with Crippen LogP contribution in [0.25, 0.3) is 0 Å². The molecular formula is C16H23N3OS. The Morgan fingerprint density at radius 3 is 3.19 bits per heavy atom. The summed E-state index contributed by atoms with van der Waals surface area (Å²) in [5.74, 6) is 1.19. The molecule has 2 heterocycles. The van der Waals surface area contributed by atoms with Crippen LogP contribution in [0, 0.1) is 0 Å². The van der Waals surface area contributed by atoms with Gasteiger partial charge < -0.3 is 10.5 Å². The van der Waals surface area contributed by atoms with Crippen molar-refractivity contribution in [1.82, 2.24) is 9.78 Å². The number of rotatable bonds is 5. The smallest absolute Gasteiger partial charge is 0.161 e. The Balaban J connectivity index is 1.96. The Morgan fingerprint density at radius 1 is 1.57 bits per heavy atom. The molecule has 2 unspecified atom stereocenters. The summed E-state index contributed by atoms with van der Waals surface area (Å²) >= 11 is 1.86. The van der Waals surface area contributed by atoms with Gasteiger partial charge >= 0.3 is 0 Å².